The standard InChI is InChI=1S/C18H14F2N8/c1-10-5-4-6-14(21-3)13(10)9-28-15-7-12(8-22-16(15)11(2)25-28)18(19,20)17-23-26-27-24-17/h4-8H,9H2,1-2H3,(H,23,24,26,27). The lowest BCUT2D eigenvalue weighted by Gasteiger charge is -2.13. The summed E-state index contributed by atoms with van der Waals surface area (Å²) < 4.78 is 31.0. The van der Waals surface area contributed by atoms with E-state index in [-0.39, 0.29) is 12.1 Å². The fourth-order valence-corrected chi connectivity index (χ4v) is 3.07. The molecule has 10 heteroatoms. The van der Waals surface area contributed by atoms with Gasteiger partial charge in [-0.15, -0.1) is 10.2 Å². The number of hydrogen-bond donors (Lipinski definition) is 1. The molecule has 0 radical (unpaired) electrons. The fourth-order valence-electron chi connectivity index (χ4n) is 3.07. The smallest absolute Gasteiger partial charge is 0.260 e. The zero-order valence-electron chi connectivity index (χ0n) is 15.0. The Hall–Kier alpha value is -3.74. The van der Waals surface area contributed by atoms with Crippen molar-refractivity contribution < 1.29 is 8.78 Å². The van der Waals surface area contributed by atoms with Crippen LogP contribution in [0, 0.1) is 20.4 Å². The van der Waals surface area contributed by atoms with Gasteiger partial charge in [-0.05, 0) is 30.7 Å². The highest BCUT2D eigenvalue weighted by Crippen LogP contribution is 2.34. The largest absolute Gasteiger partial charge is 0.337 e. The molecule has 0 amide bonds. The number of benzene rings is 1. The van der Waals surface area contributed by atoms with Crippen molar-refractivity contribution in [2.45, 2.75) is 26.3 Å². The van der Waals surface area contributed by atoms with Crippen LogP contribution in [0.5, 0.6) is 0 Å². The molecule has 0 aliphatic rings. The predicted octanol–water partition coefficient (Wildman–Crippen LogP) is 3.30. The summed E-state index contributed by atoms with van der Waals surface area (Å²) in [5, 5.41) is 16.5. The van der Waals surface area contributed by atoms with Crippen LogP contribution >= 0.6 is 0 Å². The summed E-state index contributed by atoms with van der Waals surface area (Å²) in [6, 6.07) is 6.76. The number of pyridine rings is 1. The molecule has 0 spiro atoms. The number of alkyl halides is 2. The summed E-state index contributed by atoms with van der Waals surface area (Å²) in [4.78, 5) is 7.73. The Balaban J connectivity index is 1.84. The first-order valence-corrected chi connectivity index (χ1v) is 8.33. The zero-order valence-corrected chi connectivity index (χ0v) is 15.0. The highest BCUT2D eigenvalue weighted by atomic mass is 19.3. The third kappa shape index (κ3) is 2.77. The molecule has 0 aliphatic heterocycles. The van der Waals surface area contributed by atoms with E-state index in [4.69, 9.17) is 6.57 Å². The van der Waals surface area contributed by atoms with Crippen LogP contribution in [-0.4, -0.2) is 35.4 Å². The van der Waals surface area contributed by atoms with Crippen molar-refractivity contribution in [3.8, 4) is 0 Å². The molecule has 140 valence electrons. The molecular formula is C18H14F2N8. The van der Waals surface area contributed by atoms with Gasteiger partial charge in [-0.3, -0.25) is 9.67 Å². The zero-order chi connectivity index (χ0) is 19.9. The van der Waals surface area contributed by atoms with E-state index in [1.54, 1.807) is 17.7 Å². The molecule has 3 heterocycles. The number of aromatic nitrogens is 7. The highest BCUT2D eigenvalue weighted by molar-refractivity contribution is 5.78. The van der Waals surface area contributed by atoms with Crippen molar-refractivity contribution in [3.63, 3.8) is 0 Å². The predicted molar refractivity (Wildman–Crippen MR) is 96.0 cm³/mol. The van der Waals surface area contributed by atoms with Gasteiger partial charge in [0.2, 0.25) is 5.82 Å². The first-order chi connectivity index (χ1) is 13.4. The van der Waals surface area contributed by atoms with Gasteiger partial charge in [-0.25, -0.2) is 4.85 Å². The van der Waals surface area contributed by atoms with Gasteiger partial charge in [0.25, 0.3) is 0 Å². The molecule has 0 atom stereocenters. The topological polar surface area (TPSA) is 89.5 Å². The van der Waals surface area contributed by atoms with Gasteiger partial charge < -0.3 is 0 Å². The maximum Gasteiger partial charge on any atom is 0.337 e. The lowest BCUT2D eigenvalue weighted by molar-refractivity contribution is 0.0326. The van der Waals surface area contributed by atoms with Crippen molar-refractivity contribution in [2.75, 3.05) is 0 Å². The Morgan fingerprint density at radius 1 is 1.29 bits per heavy atom. The number of hydrogen-bond acceptors (Lipinski definition) is 5. The lowest BCUT2D eigenvalue weighted by atomic mass is 10.1. The van der Waals surface area contributed by atoms with Crippen LogP contribution in [0.4, 0.5) is 14.5 Å². The summed E-state index contributed by atoms with van der Waals surface area (Å²) in [6.07, 6.45) is 1.09. The Kier molecular flexibility index (Phi) is 4.07. The average molecular weight is 380 g/mol. The van der Waals surface area contributed by atoms with E-state index in [1.165, 1.54) is 6.07 Å². The van der Waals surface area contributed by atoms with Crippen LogP contribution in [0.3, 0.4) is 0 Å². The molecule has 4 rings (SSSR count). The van der Waals surface area contributed by atoms with Gasteiger partial charge in [0, 0.05) is 11.8 Å². The number of rotatable bonds is 4. The van der Waals surface area contributed by atoms with Crippen LogP contribution in [0.1, 0.15) is 28.2 Å². The van der Waals surface area contributed by atoms with E-state index in [9.17, 15) is 8.78 Å². The van der Waals surface area contributed by atoms with E-state index in [2.05, 4.69) is 35.6 Å². The number of nitrogens with zero attached hydrogens (tertiary/aromatic N) is 7. The molecular weight excluding hydrogens is 366 g/mol. The minimum atomic E-state index is -3.46. The molecule has 0 unspecified atom stereocenters. The fraction of sp³-hybridized carbons (Fsp3) is 0.222. The second-order valence-corrected chi connectivity index (χ2v) is 6.33. The van der Waals surface area contributed by atoms with Crippen molar-refractivity contribution in [1.29, 1.82) is 0 Å². The maximum atomic E-state index is 14.7. The van der Waals surface area contributed by atoms with Crippen molar-refractivity contribution in [2.24, 2.45) is 0 Å². The number of nitrogens with one attached hydrogen (secondary N) is 1. The number of fused-ring (bicyclic) bond motifs is 1. The van der Waals surface area contributed by atoms with Crippen LogP contribution < -0.4 is 0 Å². The number of halogens is 2. The molecule has 8 nitrogen and oxygen atoms in total. The van der Waals surface area contributed by atoms with E-state index >= 15 is 0 Å². The van der Waals surface area contributed by atoms with Gasteiger partial charge >= 0.3 is 5.92 Å². The van der Waals surface area contributed by atoms with Gasteiger partial charge in [0.15, 0.2) is 5.69 Å². The number of tetrazole rings is 1. The molecule has 1 N–H and O–H groups in total. The Morgan fingerprint density at radius 2 is 2.11 bits per heavy atom. The van der Waals surface area contributed by atoms with Crippen LogP contribution in [-0.2, 0) is 12.5 Å². The van der Waals surface area contributed by atoms with Crippen LogP contribution in [0.25, 0.3) is 15.9 Å². The number of aryl methyl sites for hydroxylation is 2. The molecule has 1 aromatic carbocycles. The van der Waals surface area contributed by atoms with Crippen LogP contribution in [0.2, 0.25) is 0 Å². The second kappa shape index (κ2) is 6.45. The normalized spacial score (nSPS) is 11.7. The lowest BCUT2D eigenvalue weighted by Crippen LogP contribution is -2.18. The van der Waals surface area contributed by atoms with Crippen LogP contribution in [0.15, 0.2) is 30.5 Å². The Bertz CT molecular complexity index is 1200. The summed E-state index contributed by atoms with van der Waals surface area (Å²) in [7, 11) is 0. The molecule has 0 aliphatic carbocycles. The number of aromatic amines is 1. The molecule has 3 aromatic heterocycles. The number of H-pyrrole nitrogens is 1. The highest BCUT2D eigenvalue weighted by Gasteiger charge is 2.39. The molecule has 4 aromatic rings. The monoisotopic (exact) mass is 380 g/mol. The Labute approximate surface area is 158 Å². The van der Waals surface area contributed by atoms with Crippen molar-refractivity contribution >= 4 is 16.7 Å². The summed E-state index contributed by atoms with van der Waals surface area (Å²) >= 11 is 0. The van der Waals surface area contributed by atoms with Gasteiger partial charge in [0.1, 0.15) is 5.52 Å². The quantitative estimate of drug-likeness (QED) is 0.549. The van der Waals surface area contributed by atoms with E-state index < -0.39 is 11.7 Å². The molecule has 0 bridgehead atoms. The van der Waals surface area contributed by atoms with E-state index in [1.807, 2.05) is 19.1 Å². The van der Waals surface area contributed by atoms with E-state index in [0.717, 1.165) is 17.3 Å². The van der Waals surface area contributed by atoms with Gasteiger partial charge in [-0.1, -0.05) is 23.8 Å². The molecule has 28 heavy (non-hydrogen) atoms. The van der Waals surface area contributed by atoms with Crippen molar-refractivity contribution in [1.82, 2.24) is 35.4 Å². The maximum absolute atomic E-state index is 14.7. The van der Waals surface area contributed by atoms with Gasteiger partial charge in [0.05, 0.1) is 24.3 Å². The minimum absolute atomic E-state index is 0.271. The first kappa shape index (κ1) is 17.7. The SMILES string of the molecule is [C-]#[N+]c1cccc(C)c1Cn1nc(C)c2ncc(C(F)(F)c3nn[nH]n3)cc21. The molecule has 0 saturated heterocycles. The third-order valence-electron chi connectivity index (χ3n) is 4.56. The second-order valence-electron chi connectivity index (χ2n) is 6.33. The summed E-state index contributed by atoms with van der Waals surface area (Å²) in [6.45, 7) is 11.3. The average Bonchev–Trinajstić information content (AvgIpc) is 3.33. The Morgan fingerprint density at radius 3 is 2.82 bits per heavy atom. The molecule has 0 fully saturated rings. The minimum Gasteiger partial charge on any atom is -0.260 e. The summed E-state index contributed by atoms with van der Waals surface area (Å²) in [5.74, 6) is -4.19. The first-order valence-electron chi connectivity index (χ1n) is 8.33. The molecule has 0 saturated carbocycles. The van der Waals surface area contributed by atoms with E-state index in [0.29, 0.717) is 22.4 Å². The third-order valence-corrected chi connectivity index (χ3v) is 4.56. The van der Waals surface area contributed by atoms with Gasteiger partial charge in [-0.2, -0.15) is 19.1 Å². The summed E-state index contributed by atoms with van der Waals surface area (Å²) in [5.41, 5.74) is 3.43. The van der Waals surface area contributed by atoms with Crippen molar-refractivity contribution in [3.05, 3.63) is 70.1 Å².